The Morgan fingerprint density at radius 3 is 2.59 bits per heavy atom. The van der Waals surface area contributed by atoms with E-state index in [1.807, 2.05) is 26.0 Å². The molecule has 1 aromatic carbocycles. The lowest BCUT2D eigenvalue weighted by Crippen LogP contribution is -1.91. The zero-order valence-corrected chi connectivity index (χ0v) is 9.90. The molecule has 2 rings (SSSR count). The minimum Gasteiger partial charge on any atom is -0.456 e. The van der Waals surface area contributed by atoms with Gasteiger partial charge in [-0.2, -0.15) is 0 Å². The fourth-order valence-electron chi connectivity index (χ4n) is 1.54. The largest absolute Gasteiger partial charge is 0.456 e. The first-order valence-corrected chi connectivity index (χ1v) is 5.58. The van der Waals surface area contributed by atoms with Gasteiger partial charge in [-0.3, -0.25) is 4.98 Å². The zero-order valence-electron chi connectivity index (χ0n) is 9.90. The molecule has 0 bridgehead atoms. The molecule has 2 nitrogen and oxygen atoms in total. The number of hydrogen-bond donors (Lipinski definition) is 0. The lowest BCUT2D eigenvalue weighted by atomic mass is 10.1. The van der Waals surface area contributed by atoms with Crippen molar-refractivity contribution in [1.82, 2.24) is 4.98 Å². The van der Waals surface area contributed by atoms with E-state index in [-0.39, 0.29) is 5.82 Å². The van der Waals surface area contributed by atoms with Crippen molar-refractivity contribution in [3.63, 3.8) is 0 Å². The maximum Gasteiger partial charge on any atom is 0.145 e. The van der Waals surface area contributed by atoms with Gasteiger partial charge in [-0.05, 0) is 49.2 Å². The average molecular weight is 231 g/mol. The van der Waals surface area contributed by atoms with E-state index in [0.29, 0.717) is 23.5 Å². The molecule has 0 amide bonds. The first-order chi connectivity index (χ1) is 8.19. The van der Waals surface area contributed by atoms with Crippen molar-refractivity contribution >= 4 is 0 Å². The summed E-state index contributed by atoms with van der Waals surface area (Å²) in [5.41, 5.74) is 1.59. The molecule has 0 saturated carbocycles. The van der Waals surface area contributed by atoms with Gasteiger partial charge in [-0.15, -0.1) is 0 Å². The molecule has 0 spiro atoms. The predicted octanol–water partition coefficient (Wildman–Crippen LogP) is 3.88. The number of nitrogens with zero attached hydrogens (tertiary/aromatic N) is 1. The van der Waals surface area contributed by atoms with Crippen LogP contribution >= 0.6 is 0 Å². The second-order valence-corrected chi connectivity index (χ2v) is 3.84. The average Bonchev–Trinajstić information content (AvgIpc) is 2.34. The number of aryl methyl sites for hydroxylation is 2. The summed E-state index contributed by atoms with van der Waals surface area (Å²) in [7, 11) is 0. The zero-order chi connectivity index (χ0) is 12.3. The molecular weight excluding hydrogens is 217 g/mol. The first kappa shape index (κ1) is 11.6. The minimum atomic E-state index is -0.193. The van der Waals surface area contributed by atoms with Crippen LogP contribution in [0.25, 0.3) is 0 Å². The van der Waals surface area contributed by atoms with Gasteiger partial charge in [0.25, 0.3) is 0 Å². The summed E-state index contributed by atoms with van der Waals surface area (Å²) in [4.78, 5) is 4.14. The normalized spacial score (nSPS) is 10.3. The highest BCUT2D eigenvalue weighted by atomic mass is 19.1. The Labute approximate surface area is 100 Å². The summed E-state index contributed by atoms with van der Waals surface area (Å²) < 4.78 is 18.9. The van der Waals surface area contributed by atoms with Crippen molar-refractivity contribution in [2.24, 2.45) is 0 Å². The molecule has 0 atom stereocenters. The molecule has 0 saturated heterocycles. The number of pyridine rings is 1. The Bertz CT molecular complexity index is 508. The topological polar surface area (TPSA) is 22.1 Å². The van der Waals surface area contributed by atoms with Crippen molar-refractivity contribution in [3.8, 4) is 11.5 Å². The molecule has 0 aliphatic rings. The van der Waals surface area contributed by atoms with Crippen molar-refractivity contribution in [1.29, 1.82) is 0 Å². The number of rotatable bonds is 3. The number of benzene rings is 1. The van der Waals surface area contributed by atoms with Gasteiger partial charge in [0.2, 0.25) is 0 Å². The van der Waals surface area contributed by atoms with E-state index in [4.69, 9.17) is 4.74 Å². The van der Waals surface area contributed by atoms with Crippen LogP contribution in [0, 0.1) is 12.7 Å². The van der Waals surface area contributed by atoms with E-state index >= 15 is 0 Å². The molecule has 0 unspecified atom stereocenters. The van der Waals surface area contributed by atoms with Crippen molar-refractivity contribution in [2.45, 2.75) is 20.3 Å². The SMILES string of the molecule is CCc1cc(Oc2ccc(C)nc2)ccc1F. The maximum absolute atomic E-state index is 13.3. The lowest BCUT2D eigenvalue weighted by molar-refractivity contribution is 0.476. The molecule has 0 fully saturated rings. The van der Waals surface area contributed by atoms with Gasteiger partial charge < -0.3 is 4.74 Å². The number of hydrogen-bond acceptors (Lipinski definition) is 2. The summed E-state index contributed by atoms with van der Waals surface area (Å²) in [5.74, 6) is 1.10. The highest BCUT2D eigenvalue weighted by Gasteiger charge is 2.03. The van der Waals surface area contributed by atoms with Gasteiger partial charge >= 0.3 is 0 Å². The quantitative estimate of drug-likeness (QED) is 0.799. The van der Waals surface area contributed by atoms with Crippen LogP contribution in [-0.4, -0.2) is 4.98 Å². The first-order valence-electron chi connectivity index (χ1n) is 5.58. The van der Waals surface area contributed by atoms with Gasteiger partial charge in [0, 0.05) is 5.69 Å². The highest BCUT2D eigenvalue weighted by Crippen LogP contribution is 2.23. The molecule has 0 aliphatic carbocycles. The molecule has 3 heteroatoms. The third kappa shape index (κ3) is 2.81. The summed E-state index contributed by atoms with van der Waals surface area (Å²) in [5, 5.41) is 0. The van der Waals surface area contributed by atoms with E-state index in [2.05, 4.69) is 4.98 Å². The standard InChI is InChI=1S/C14H14FNO/c1-3-11-8-12(6-7-14(11)15)17-13-5-4-10(2)16-9-13/h4-9H,3H2,1-2H3. The van der Waals surface area contributed by atoms with Crippen LogP contribution in [0.2, 0.25) is 0 Å². The molecule has 1 aromatic heterocycles. The Balaban J connectivity index is 2.21. The monoisotopic (exact) mass is 231 g/mol. The molecular formula is C14H14FNO. The molecule has 0 radical (unpaired) electrons. The van der Waals surface area contributed by atoms with Crippen LogP contribution < -0.4 is 4.74 Å². The molecule has 0 aliphatic heterocycles. The fraction of sp³-hybridized carbons (Fsp3) is 0.214. The van der Waals surface area contributed by atoms with Crippen molar-refractivity contribution in [3.05, 3.63) is 53.6 Å². The van der Waals surface area contributed by atoms with Gasteiger partial charge in [-0.1, -0.05) is 6.92 Å². The summed E-state index contributed by atoms with van der Waals surface area (Å²) in [6, 6.07) is 8.48. The van der Waals surface area contributed by atoms with Crippen LogP contribution in [0.5, 0.6) is 11.5 Å². The van der Waals surface area contributed by atoms with Crippen molar-refractivity contribution in [2.75, 3.05) is 0 Å². The van der Waals surface area contributed by atoms with Crippen LogP contribution in [0.4, 0.5) is 4.39 Å². The van der Waals surface area contributed by atoms with E-state index in [0.717, 1.165) is 5.69 Å². The van der Waals surface area contributed by atoms with Gasteiger partial charge in [-0.25, -0.2) is 4.39 Å². The van der Waals surface area contributed by atoms with E-state index in [9.17, 15) is 4.39 Å². The third-order valence-corrected chi connectivity index (χ3v) is 2.52. The smallest absolute Gasteiger partial charge is 0.145 e. The van der Waals surface area contributed by atoms with Gasteiger partial charge in [0.05, 0.1) is 6.20 Å². The maximum atomic E-state index is 13.3. The van der Waals surface area contributed by atoms with Gasteiger partial charge in [0.1, 0.15) is 17.3 Å². The van der Waals surface area contributed by atoms with Gasteiger partial charge in [0.15, 0.2) is 0 Å². The van der Waals surface area contributed by atoms with Crippen LogP contribution in [0.3, 0.4) is 0 Å². The molecule has 2 aromatic rings. The Morgan fingerprint density at radius 2 is 1.94 bits per heavy atom. The van der Waals surface area contributed by atoms with Crippen LogP contribution in [-0.2, 0) is 6.42 Å². The molecule has 17 heavy (non-hydrogen) atoms. The molecule has 1 heterocycles. The second-order valence-electron chi connectivity index (χ2n) is 3.84. The minimum absolute atomic E-state index is 0.193. The number of halogens is 1. The summed E-state index contributed by atoms with van der Waals surface area (Å²) in [6.45, 7) is 3.83. The number of aromatic nitrogens is 1. The third-order valence-electron chi connectivity index (χ3n) is 2.52. The van der Waals surface area contributed by atoms with E-state index in [1.54, 1.807) is 18.3 Å². The summed E-state index contributed by atoms with van der Waals surface area (Å²) in [6.07, 6.45) is 2.31. The fourth-order valence-corrected chi connectivity index (χ4v) is 1.54. The lowest BCUT2D eigenvalue weighted by Gasteiger charge is -2.07. The Hall–Kier alpha value is -1.90. The summed E-state index contributed by atoms with van der Waals surface area (Å²) >= 11 is 0. The Kier molecular flexibility index (Phi) is 3.38. The predicted molar refractivity (Wildman–Crippen MR) is 64.8 cm³/mol. The highest BCUT2D eigenvalue weighted by molar-refractivity contribution is 5.34. The Morgan fingerprint density at radius 1 is 1.18 bits per heavy atom. The number of ether oxygens (including phenoxy) is 1. The second kappa shape index (κ2) is 4.95. The molecule has 88 valence electrons. The molecule has 0 N–H and O–H groups in total. The van der Waals surface area contributed by atoms with Crippen molar-refractivity contribution < 1.29 is 9.13 Å². The van der Waals surface area contributed by atoms with Crippen LogP contribution in [0.1, 0.15) is 18.2 Å². The van der Waals surface area contributed by atoms with Crippen LogP contribution in [0.15, 0.2) is 36.5 Å². The van der Waals surface area contributed by atoms with E-state index in [1.165, 1.54) is 6.07 Å². The van der Waals surface area contributed by atoms with E-state index < -0.39 is 0 Å².